The second-order valence-corrected chi connectivity index (χ2v) is 5.55. The van der Waals surface area contributed by atoms with Crippen LogP contribution in [0.1, 0.15) is 16.1 Å². The minimum atomic E-state index is -0.446. The average molecular weight is 310 g/mol. The molecule has 5 heteroatoms. The van der Waals surface area contributed by atoms with Crippen LogP contribution in [0.3, 0.4) is 0 Å². The first-order chi connectivity index (χ1) is 10.7. The molecule has 0 spiro atoms. The molecule has 0 aliphatic heterocycles. The fourth-order valence-electron chi connectivity index (χ4n) is 1.96. The van der Waals surface area contributed by atoms with E-state index in [-0.39, 0.29) is 0 Å². The molecule has 0 unspecified atom stereocenters. The summed E-state index contributed by atoms with van der Waals surface area (Å²) >= 11 is 1.59. The molecule has 0 atom stereocenters. The van der Waals surface area contributed by atoms with Crippen LogP contribution >= 0.6 is 11.3 Å². The minimum absolute atomic E-state index is 0.388. The van der Waals surface area contributed by atoms with Gasteiger partial charge >= 0.3 is 0 Å². The number of primary amides is 1. The maximum absolute atomic E-state index is 11.0. The number of amides is 1. The first-order valence-corrected chi connectivity index (χ1v) is 7.63. The molecule has 0 fully saturated rings. The summed E-state index contributed by atoms with van der Waals surface area (Å²) in [6, 6.07) is 16.8. The molecule has 3 aromatic rings. The summed E-state index contributed by atoms with van der Waals surface area (Å²) in [4.78, 5) is 15.6. The van der Waals surface area contributed by atoms with Crippen LogP contribution in [0.4, 0.5) is 0 Å². The van der Waals surface area contributed by atoms with E-state index in [1.54, 1.807) is 35.6 Å². The predicted octanol–water partition coefficient (Wildman–Crippen LogP) is 3.49. The van der Waals surface area contributed by atoms with Crippen molar-refractivity contribution in [2.45, 2.75) is 6.61 Å². The van der Waals surface area contributed by atoms with E-state index in [1.165, 1.54) is 0 Å². The van der Waals surface area contributed by atoms with Crippen molar-refractivity contribution in [3.05, 3.63) is 71.2 Å². The average Bonchev–Trinajstić information content (AvgIpc) is 3.03. The molecule has 0 bridgehead atoms. The molecule has 2 N–H and O–H groups in total. The number of thiazole rings is 1. The number of hydrogen-bond acceptors (Lipinski definition) is 4. The molecule has 2 aromatic carbocycles. The molecule has 0 saturated heterocycles. The van der Waals surface area contributed by atoms with Crippen LogP contribution in [0.25, 0.3) is 10.6 Å². The molecule has 3 rings (SSSR count). The van der Waals surface area contributed by atoms with Crippen LogP contribution in [0.2, 0.25) is 0 Å². The van der Waals surface area contributed by atoms with Crippen molar-refractivity contribution < 1.29 is 9.53 Å². The summed E-state index contributed by atoms with van der Waals surface area (Å²) in [5.74, 6) is 0.234. The summed E-state index contributed by atoms with van der Waals surface area (Å²) in [7, 11) is 0. The molecule has 0 saturated carbocycles. The lowest BCUT2D eigenvalue weighted by atomic mass is 10.2. The van der Waals surface area contributed by atoms with Crippen molar-refractivity contribution in [3.63, 3.8) is 0 Å². The van der Waals surface area contributed by atoms with Gasteiger partial charge in [0.05, 0.1) is 5.69 Å². The third-order valence-electron chi connectivity index (χ3n) is 3.10. The molecule has 110 valence electrons. The number of rotatable bonds is 5. The molecule has 0 aliphatic rings. The van der Waals surface area contributed by atoms with Crippen LogP contribution in [0.15, 0.2) is 60.0 Å². The summed E-state index contributed by atoms with van der Waals surface area (Å²) in [6.45, 7) is 0.388. The largest absolute Gasteiger partial charge is 0.487 e. The van der Waals surface area contributed by atoms with E-state index in [0.717, 1.165) is 16.3 Å². The Morgan fingerprint density at radius 1 is 1.09 bits per heavy atom. The first-order valence-electron chi connectivity index (χ1n) is 6.75. The fourth-order valence-corrected chi connectivity index (χ4v) is 2.77. The Hall–Kier alpha value is -2.66. The number of carbonyl (C=O) groups is 1. The van der Waals surface area contributed by atoms with E-state index in [9.17, 15) is 4.79 Å². The highest BCUT2D eigenvalue weighted by Gasteiger charge is 2.05. The smallest absolute Gasteiger partial charge is 0.248 e. The fraction of sp³-hybridized carbons (Fsp3) is 0.0588. The number of nitrogens with two attached hydrogens (primary N) is 1. The molecule has 0 aliphatic carbocycles. The maximum Gasteiger partial charge on any atom is 0.248 e. The third kappa shape index (κ3) is 3.32. The number of hydrogen-bond donors (Lipinski definition) is 1. The summed E-state index contributed by atoms with van der Waals surface area (Å²) < 4.78 is 5.67. The summed E-state index contributed by atoms with van der Waals surface area (Å²) in [6.07, 6.45) is 0. The van der Waals surface area contributed by atoms with Crippen LogP contribution in [0.5, 0.6) is 5.75 Å². The normalized spacial score (nSPS) is 10.4. The Kier molecular flexibility index (Phi) is 4.16. The number of ether oxygens (including phenoxy) is 1. The van der Waals surface area contributed by atoms with Gasteiger partial charge in [-0.2, -0.15) is 0 Å². The Labute approximate surface area is 132 Å². The Bertz CT molecular complexity index is 767. The van der Waals surface area contributed by atoms with Crippen molar-refractivity contribution in [1.82, 2.24) is 4.98 Å². The molecule has 1 aromatic heterocycles. The van der Waals surface area contributed by atoms with Crippen LogP contribution in [-0.2, 0) is 6.61 Å². The zero-order valence-electron chi connectivity index (χ0n) is 11.7. The highest BCUT2D eigenvalue weighted by Crippen LogP contribution is 2.24. The van der Waals surface area contributed by atoms with Gasteiger partial charge in [-0.1, -0.05) is 30.3 Å². The molecule has 1 heterocycles. The van der Waals surface area contributed by atoms with Crippen molar-refractivity contribution >= 4 is 17.2 Å². The van der Waals surface area contributed by atoms with E-state index in [2.05, 4.69) is 4.98 Å². The monoisotopic (exact) mass is 310 g/mol. The lowest BCUT2D eigenvalue weighted by molar-refractivity contribution is 0.100. The molecular weight excluding hydrogens is 296 g/mol. The Morgan fingerprint density at radius 3 is 2.50 bits per heavy atom. The van der Waals surface area contributed by atoms with Gasteiger partial charge in [0.2, 0.25) is 5.91 Å². The molecule has 0 radical (unpaired) electrons. The van der Waals surface area contributed by atoms with E-state index in [0.29, 0.717) is 17.9 Å². The molecule has 4 nitrogen and oxygen atoms in total. The topological polar surface area (TPSA) is 65.2 Å². The van der Waals surface area contributed by atoms with E-state index >= 15 is 0 Å². The van der Waals surface area contributed by atoms with Crippen molar-refractivity contribution in [3.8, 4) is 16.3 Å². The molecule has 1 amide bonds. The van der Waals surface area contributed by atoms with Gasteiger partial charge < -0.3 is 10.5 Å². The number of aromatic nitrogens is 1. The van der Waals surface area contributed by atoms with Gasteiger partial charge in [0.25, 0.3) is 0 Å². The maximum atomic E-state index is 11.0. The Balaban J connectivity index is 1.65. The van der Waals surface area contributed by atoms with Gasteiger partial charge in [-0.15, -0.1) is 11.3 Å². The molecular formula is C17H14N2O2S. The van der Waals surface area contributed by atoms with Crippen LogP contribution in [0, 0.1) is 0 Å². The zero-order chi connectivity index (χ0) is 15.4. The summed E-state index contributed by atoms with van der Waals surface area (Å²) in [5.41, 5.74) is 7.64. The first kappa shape index (κ1) is 14.3. The van der Waals surface area contributed by atoms with Gasteiger partial charge in [0, 0.05) is 16.5 Å². The van der Waals surface area contributed by atoms with Gasteiger partial charge in [0.1, 0.15) is 17.4 Å². The second kappa shape index (κ2) is 6.41. The third-order valence-corrected chi connectivity index (χ3v) is 4.04. The minimum Gasteiger partial charge on any atom is -0.487 e. The van der Waals surface area contributed by atoms with Crippen LogP contribution < -0.4 is 10.5 Å². The second-order valence-electron chi connectivity index (χ2n) is 4.69. The predicted molar refractivity (Wildman–Crippen MR) is 86.8 cm³/mol. The standard InChI is InChI=1S/C17H14N2O2S/c18-16(20)12-6-8-15(9-7-12)21-10-14-11-22-17(19-14)13-4-2-1-3-5-13/h1-9,11H,10H2,(H2,18,20). The molecule has 22 heavy (non-hydrogen) atoms. The number of nitrogens with zero attached hydrogens (tertiary/aromatic N) is 1. The van der Waals surface area contributed by atoms with Crippen molar-refractivity contribution in [1.29, 1.82) is 0 Å². The van der Waals surface area contributed by atoms with Gasteiger partial charge in [0.15, 0.2) is 0 Å². The quantitative estimate of drug-likeness (QED) is 0.784. The van der Waals surface area contributed by atoms with Crippen molar-refractivity contribution in [2.75, 3.05) is 0 Å². The Morgan fingerprint density at radius 2 is 1.82 bits per heavy atom. The summed E-state index contributed by atoms with van der Waals surface area (Å²) in [5, 5.41) is 2.96. The lowest BCUT2D eigenvalue weighted by Crippen LogP contribution is -2.10. The van der Waals surface area contributed by atoms with E-state index in [1.807, 2.05) is 35.7 Å². The highest BCUT2D eigenvalue weighted by atomic mass is 32.1. The van der Waals surface area contributed by atoms with Gasteiger partial charge in [-0.3, -0.25) is 4.79 Å². The van der Waals surface area contributed by atoms with Crippen molar-refractivity contribution in [2.24, 2.45) is 5.73 Å². The number of carbonyl (C=O) groups excluding carboxylic acids is 1. The van der Waals surface area contributed by atoms with E-state index < -0.39 is 5.91 Å². The lowest BCUT2D eigenvalue weighted by Gasteiger charge is -2.04. The number of benzene rings is 2. The highest BCUT2D eigenvalue weighted by molar-refractivity contribution is 7.13. The van der Waals surface area contributed by atoms with Gasteiger partial charge in [-0.25, -0.2) is 4.98 Å². The SMILES string of the molecule is NC(=O)c1ccc(OCc2csc(-c3ccccc3)n2)cc1. The zero-order valence-corrected chi connectivity index (χ0v) is 12.5. The van der Waals surface area contributed by atoms with Crippen LogP contribution in [-0.4, -0.2) is 10.9 Å². The van der Waals surface area contributed by atoms with Gasteiger partial charge in [-0.05, 0) is 24.3 Å². The van der Waals surface area contributed by atoms with E-state index in [4.69, 9.17) is 10.5 Å².